The highest BCUT2D eigenvalue weighted by molar-refractivity contribution is 6.11. The number of carbonyl (C=O) groups is 1. The van der Waals surface area contributed by atoms with E-state index < -0.39 is 0 Å². The van der Waals surface area contributed by atoms with Gasteiger partial charge >= 0.3 is 0 Å². The fourth-order valence-corrected chi connectivity index (χ4v) is 3.64. The number of hydrogen-bond donors (Lipinski definition) is 3. The molecule has 4 heterocycles. The number of ketones is 1. The van der Waals surface area contributed by atoms with Crippen LogP contribution in [0.25, 0.3) is 22.1 Å². The third-order valence-corrected chi connectivity index (χ3v) is 5.27. The van der Waals surface area contributed by atoms with Gasteiger partial charge in [-0.05, 0) is 33.6 Å². The Morgan fingerprint density at radius 3 is 2.24 bits per heavy atom. The first-order chi connectivity index (χ1) is 16.0. The van der Waals surface area contributed by atoms with Crippen molar-refractivity contribution in [2.75, 3.05) is 11.1 Å². The van der Waals surface area contributed by atoms with Crippen LogP contribution in [0.3, 0.4) is 0 Å². The summed E-state index contributed by atoms with van der Waals surface area (Å²) in [6.07, 6.45) is 4.70. The number of aromatic nitrogens is 7. The highest BCUT2D eigenvalue weighted by atomic mass is 16.1. The molecule has 0 spiro atoms. The van der Waals surface area contributed by atoms with E-state index in [9.17, 15) is 4.79 Å². The molecule has 10 nitrogen and oxygen atoms in total. The minimum atomic E-state index is -0.0453. The van der Waals surface area contributed by atoms with Crippen LogP contribution in [0.5, 0.6) is 0 Å². The zero-order valence-electron chi connectivity index (χ0n) is 21.2. The van der Waals surface area contributed by atoms with Gasteiger partial charge in [-0.2, -0.15) is 5.10 Å². The van der Waals surface area contributed by atoms with Gasteiger partial charge in [0.15, 0.2) is 11.4 Å². The summed E-state index contributed by atoms with van der Waals surface area (Å²) in [7, 11) is 0. The fraction of sp³-hybridized carbons (Fsp3) is 0.500. The maximum absolute atomic E-state index is 12.2. The van der Waals surface area contributed by atoms with Crippen molar-refractivity contribution in [3.05, 3.63) is 30.1 Å². The van der Waals surface area contributed by atoms with Gasteiger partial charge in [-0.1, -0.05) is 27.7 Å². The summed E-state index contributed by atoms with van der Waals surface area (Å²) in [5.41, 5.74) is 9.05. The van der Waals surface area contributed by atoms with Crippen LogP contribution >= 0.6 is 0 Å². The zero-order chi connectivity index (χ0) is 25.2. The molecule has 0 saturated heterocycles. The number of Topliss-reactive ketones (excluding diaryl/α,β-unsaturated/α-hetero) is 1. The molecule has 34 heavy (non-hydrogen) atoms. The Kier molecular flexibility index (Phi) is 7.48. The van der Waals surface area contributed by atoms with Crippen LogP contribution in [0.15, 0.2) is 18.9 Å². The van der Waals surface area contributed by atoms with Crippen LogP contribution in [0.2, 0.25) is 0 Å². The molecule has 0 aliphatic rings. The van der Waals surface area contributed by atoms with Crippen LogP contribution in [0.1, 0.15) is 83.4 Å². The Hall–Kier alpha value is -3.56. The lowest BCUT2D eigenvalue weighted by Gasteiger charge is -2.11. The van der Waals surface area contributed by atoms with E-state index >= 15 is 0 Å². The average molecular weight is 466 g/mol. The van der Waals surface area contributed by atoms with Gasteiger partial charge in [0.05, 0.1) is 16.5 Å². The van der Waals surface area contributed by atoms with Gasteiger partial charge in [0, 0.05) is 29.8 Å². The van der Waals surface area contributed by atoms with Crippen molar-refractivity contribution in [3.8, 4) is 0 Å². The van der Waals surface area contributed by atoms with Gasteiger partial charge in [0.1, 0.15) is 29.9 Å². The van der Waals surface area contributed by atoms with E-state index in [0.29, 0.717) is 28.8 Å². The van der Waals surface area contributed by atoms with Crippen molar-refractivity contribution in [2.45, 2.75) is 73.4 Å². The molecule has 4 N–H and O–H groups in total. The third-order valence-electron chi connectivity index (χ3n) is 5.27. The highest BCUT2D eigenvalue weighted by Gasteiger charge is 2.20. The van der Waals surface area contributed by atoms with Crippen LogP contribution < -0.4 is 11.1 Å². The Balaban J connectivity index is 0.000000192. The minimum absolute atomic E-state index is 0.0453. The Bertz CT molecular complexity index is 1280. The summed E-state index contributed by atoms with van der Waals surface area (Å²) in [5, 5.41) is 9.50. The number of carbonyl (C=O) groups excluding carboxylic acids is 1. The van der Waals surface area contributed by atoms with Crippen LogP contribution in [0, 0.1) is 5.92 Å². The molecule has 0 aromatic carbocycles. The summed E-state index contributed by atoms with van der Waals surface area (Å²) >= 11 is 0. The molecular formula is C24H35N9O. The minimum Gasteiger partial charge on any atom is -0.383 e. The van der Waals surface area contributed by atoms with E-state index in [-0.39, 0.29) is 23.8 Å². The molecule has 4 rings (SSSR count). The van der Waals surface area contributed by atoms with E-state index in [1.165, 1.54) is 12.7 Å². The predicted molar refractivity (Wildman–Crippen MR) is 136 cm³/mol. The van der Waals surface area contributed by atoms with Crippen molar-refractivity contribution in [1.29, 1.82) is 0 Å². The largest absolute Gasteiger partial charge is 0.383 e. The van der Waals surface area contributed by atoms with Gasteiger partial charge in [-0.3, -0.25) is 4.79 Å². The molecule has 0 saturated carbocycles. The maximum atomic E-state index is 12.2. The second-order valence-corrected chi connectivity index (χ2v) is 9.50. The number of nitrogen functional groups attached to an aromatic ring is 1. The summed E-state index contributed by atoms with van der Waals surface area (Å²) in [4.78, 5) is 31.9. The lowest BCUT2D eigenvalue weighted by molar-refractivity contribution is 0.0941. The number of aromatic amines is 1. The first kappa shape index (κ1) is 25.1. The SMILES string of the molecule is CC(C)Nc1ncnc2[nH]cc(C(=O)C(C)C)c12.CC(C)c1nn(C(C)C)c2ncnc(N)c12. The Morgan fingerprint density at radius 1 is 0.971 bits per heavy atom. The van der Waals surface area contributed by atoms with Crippen molar-refractivity contribution < 1.29 is 4.79 Å². The normalized spacial score (nSPS) is 11.6. The van der Waals surface area contributed by atoms with E-state index in [1.54, 1.807) is 6.20 Å². The first-order valence-corrected chi connectivity index (χ1v) is 11.6. The monoisotopic (exact) mass is 465 g/mol. The Morgan fingerprint density at radius 2 is 1.65 bits per heavy atom. The molecule has 0 amide bonds. The van der Waals surface area contributed by atoms with E-state index in [1.807, 2.05) is 32.4 Å². The van der Waals surface area contributed by atoms with Gasteiger partial charge < -0.3 is 16.0 Å². The van der Waals surface area contributed by atoms with Crippen LogP contribution in [0.4, 0.5) is 11.6 Å². The third kappa shape index (κ3) is 5.00. The smallest absolute Gasteiger partial charge is 0.167 e. The molecule has 4 aromatic rings. The molecular weight excluding hydrogens is 430 g/mol. The van der Waals surface area contributed by atoms with Crippen molar-refractivity contribution in [1.82, 2.24) is 34.7 Å². The first-order valence-electron chi connectivity index (χ1n) is 11.6. The molecule has 10 heteroatoms. The number of H-pyrrole nitrogens is 1. The molecule has 0 bridgehead atoms. The molecule has 4 aromatic heterocycles. The number of rotatable bonds is 6. The van der Waals surface area contributed by atoms with E-state index in [4.69, 9.17) is 5.73 Å². The van der Waals surface area contributed by atoms with Gasteiger partial charge in [0.25, 0.3) is 0 Å². The van der Waals surface area contributed by atoms with Crippen LogP contribution in [-0.4, -0.2) is 46.5 Å². The molecule has 0 unspecified atom stereocenters. The van der Waals surface area contributed by atoms with Crippen molar-refractivity contribution in [3.63, 3.8) is 0 Å². The van der Waals surface area contributed by atoms with E-state index in [2.05, 4.69) is 63.0 Å². The van der Waals surface area contributed by atoms with Crippen molar-refractivity contribution >= 4 is 39.5 Å². The number of nitrogens with two attached hydrogens (primary N) is 1. The van der Waals surface area contributed by atoms with Crippen LogP contribution in [-0.2, 0) is 0 Å². The second-order valence-electron chi connectivity index (χ2n) is 9.50. The van der Waals surface area contributed by atoms with Crippen molar-refractivity contribution in [2.24, 2.45) is 5.92 Å². The number of nitrogens with one attached hydrogen (secondary N) is 2. The topological polar surface area (TPSA) is 140 Å². The predicted octanol–water partition coefficient (Wildman–Crippen LogP) is 4.73. The Labute approximate surface area is 199 Å². The molecule has 0 aliphatic carbocycles. The lowest BCUT2D eigenvalue weighted by Crippen LogP contribution is -2.13. The quantitative estimate of drug-likeness (QED) is 0.347. The maximum Gasteiger partial charge on any atom is 0.167 e. The van der Waals surface area contributed by atoms with Gasteiger partial charge in [0.2, 0.25) is 0 Å². The summed E-state index contributed by atoms with van der Waals surface area (Å²) in [6.45, 7) is 16.2. The molecule has 0 radical (unpaired) electrons. The number of nitrogens with zero attached hydrogens (tertiary/aromatic N) is 6. The molecule has 182 valence electrons. The second kappa shape index (κ2) is 10.1. The molecule has 0 atom stereocenters. The average Bonchev–Trinajstić information content (AvgIpc) is 3.37. The zero-order valence-corrected chi connectivity index (χ0v) is 21.2. The highest BCUT2D eigenvalue weighted by Crippen LogP contribution is 2.28. The van der Waals surface area contributed by atoms with Gasteiger partial charge in [-0.15, -0.1) is 0 Å². The molecule has 0 fully saturated rings. The summed E-state index contributed by atoms with van der Waals surface area (Å²) in [5.74, 6) is 1.59. The summed E-state index contributed by atoms with van der Waals surface area (Å²) in [6, 6.07) is 0.518. The van der Waals surface area contributed by atoms with Gasteiger partial charge in [-0.25, -0.2) is 24.6 Å². The summed E-state index contributed by atoms with van der Waals surface area (Å²) < 4.78 is 1.91. The number of hydrogen-bond acceptors (Lipinski definition) is 8. The fourth-order valence-electron chi connectivity index (χ4n) is 3.64. The number of fused-ring (bicyclic) bond motifs is 2. The number of anilines is 2. The standard InChI is InChI=1S/C13H18N4O.C11H17N5/c1-7(2)11(18)9-5-14-12-10(9)13(16-6-15-12)17-8(3)4;1-6(2)9-8-10(12)13-5-14-11(8)16(15-9)7(3)4/h5-8H,1-4H3,(H2,14,15,16,17);5-7H,1-4H3,(H2,12,13,14). The molecule has 0 aliphatic heterocycles. The lowest BCUT2D eigenvalue weighted by atomic mass is 10.0. The van der Waals surface area contributed by atoms with E-state index in [0.717, 1.165) is 22.1 Å².